The van der Waals surface area contributed by atoms with Crippen molar-refractivity contribution in [2.75, 3.05) is 46.6 Å². The van der Waals surface area contributed by atoms with Crippen LogP contribution in [0.25, 0.3) is 0 Å². The maximum absolute atomic E-state index is 5.71. The van der Waals surface area contributed by atoms with Crippen LogP contribution in [0.15, 0.2) is 29.3 Å². The Kier molecular flexibility index (Phi) is 13.2. The molecule has 1 aromatic carbocycles. The van der Waals surface area contributed by atoms with Gasteiger partial charge >= 0.3 is 0 Å². The molecule has 0 heterocycles. The molecule has 0 saturated carbocycles. The molecule has 0 atom stereocenters. The van der Waals surface area contributed by atoms with Crippen molar-refractivity contribution in [3.8, 4) is 5.75 Å². The second-order valence-electron chi connectivity index (χ2n) is 5.85. The number of hydrogen-bond acceptors (Lipinski definition) is 4. The lowest BCUT2D eigenvalue weighted by molar-refractivity contribution is 0.120. The van der Waals surface area contributed by atoms with Gasteiger partial charge in [-0.3, -0.25) is 4.99 Å². The van der Waals surface area contributed by atoms with Crippen LogP contribution >= 0.6 is 0 Å². The van der Waals surface area contributed by atoms with E-state index in [1.807, 2.05) is 31.2 Å². The van der Waals surface area contributed by atoms with E-state index in [1.54, 1.807) is 7.11 Å². The highest BCUT2D eigenvalue weighted by Crippen LogP contribution is 2.11. The molecule has 6 heteroatoms. The van der Waals surface area contributed by atoms with Gasteiger partial charge in [0.1, 0.15) is 5.75 Å². The summed E-state index contributed by atoms with van der Waals surface area (Å²) in [4.78, 5) is 4.58. The van der Waals surface area contributed by atoms with Crippen LogP contribution in [-0.2, 0) is 16.1 Å². The summed E-state index contributed by atoms with van der Waals surface area (Å²) in [6.45, 7) is 9.55. The fourth-order valence-electron chi connectivity index (χ4n) is 2.29. The van der Waals surface area contributed by atoms with Gasteiger partial charge in [-0.2, -0.15) is 0 Å². The van der Waals surface area contributed by atoms with E-state index in [0.717, 1.165) is 69.4 Å². The summed E-state index contributed by atoms with van der Waals surface area (Å²) < 4.78 is 16.2. The van der Waals surface area contributed by atoms with Crippen LogP contribution in [0.4, 0.5) is 0 Å². The Hall–Kier alpha value is -1.79. The fraction of sp³-hybridized carbons (Fsp3) is 0.650. The van der Waals surface area contributed by atoms with Crippen LogP contribution in [0.2, 0.25) is 0 Å². The highest BCUT2D eigenvalue weighted by Gasteiger charge is 1.98. The summed E-state index contributed by atoms with van der Waals surface area (Å²) in [7, 11) is 1.67. The molecule has 26 heavy (non-hydrogen) atoms. The molecule has 0 radical (unpaired) electrons. The van der Waals surface area contributed by atoms with Gasteiger partial charge in [0.15, 0.2) is 5.96 Å². The summed E-state index contributed by atoms with van der Waals surface area (Å²) >= 11 is 0. The minimum Gasteiger partial charge on any atom is -0.497 e. The van der Waals surface area contributed by atoms with Crippen molar-refractivity contribution in [3.05, 3.63) is 29.8 Å². The number of methoxy groups -OCH3 is 1. The number of nitrogens with one attached hydrogen (secondary N) is 2. The molecule has 0 fully saturated rings. The van der Waals surface area contributed by atoms with Gasteiger partial charge in [0, 0.05) is 39.5 Å². The van der Waals surface area contributed by atoms with E-state index in [0.29, 0.717) is 13.2 Å². The number of ether oxygens (including phenoxy) is 3. The number of hydrogen-bond donors (Lipinski definition) is 2. The molecular weight excluding hydrogens is 330 g/mol. The van der Waals surface area contributed by atoms with E-state index >= 15 is 0 Å². The van der Waals surface area contributed by atoms with E-state index in [2.05, 4.69) is 22.5 Å². The van der Waals surface area contributed by atoms with Gasteiger partial charge in [-0.05, 0) is 50.8 Å². The van der Waals surface area contributed by atoms with Gasteiger partial charge < -0.3 is 24.8 Å². The molecule has 0 spiro atoms. The predicted molar refractivity (Wildman–Crippen MR) is 107 cm³/mol. The molecule has 0 aliphatic heterocycles. The van der Waals surface area contributed by atoms with Crippen molar-refractivity contribution in [2.24, 2.45) is 4.99 Å². The zero-order chi connectivity index (χ0) is 18.9. The highest BCUT2D eigenvalue weighted by atomic mass is 16.5. The molecule has 1 rings (SSSR count). The number of guanidine groups is 1. The first-order chi connectivity index (χ1) is 12.8. The molecule has 0 saturated heterocycles. The Bertz CT molecular complexity index is 478. The minimum atomic E-state index is 0.617. The van der Waals surface area contributed by atoms with Crippen LogP contribution in [-0.4, -0.2) is 52.5 Å². The van der Waals surface area contributed by atoms with Crippen molar-refractivity contribution >= 4 is 5.96 Å². The van der Waals surface area contributed by atoms with Crippen LogP contribution < -0.4 is 15.4 Å². The second-order valence-corrected chi connectivity index (χ2v) is 5.85. The normalized spacial score (nSPS) is 11.4. The zero-order valence-corrected chi connectivity index (χ0v) is 16.6. The van der Waals surface area contributed by atoms with E-state index < -0.39 is 0 Å². The van der Waals surface area contributed by atoms with Crippen LogP contribution in [0, 0.1) is 0 Å². The van der Waals surface area contributed by atoms with Crippen molar-refractivity contribution < 1.29 is 14.2 Å². The third kappa shape index (κ3) is 10.9. The predicted octanol–water partition coefficient (Wildman–Crippen LogP) is 2.97. The Morgan fingerprint density at radius 3 is 2.42 bits per heavy atom. The molecule has 0 aromatic heterocycles. The number of rotatable bonds is 14. The first kappa shape index (κ1) is 22.3. The molecule has 0 bridgehead atoms. The molecule has 0 unspecified atom stereocenters. The highest BCUT2D eigenvalue weighted by molar-refractivity contribution is 5.79. The largest absolute Gasteiger partial charge is 0.497 e. The van der Waals surface area contributed by atoms with Crippen LogP contribution in [0.3, 0.4) is 0 Å². The molecule has 0 aliphatic carbocycles. The zero-order valence-electron chi connectivity index (χ0n) is 16.6. The summed E-state index contributed by atoms with van der Waals surface area (Å²) in [6, 6.07) is 7.95. The summed E-state index contributed by atoms with van der Waals surface area (Å²) in [6.07, 6.45) is 3.05. The average Bonchev–Trinajstić information content (AvgIpc) is 2.67. The lowest BCUT2D eigenvalue weighted by atomic mass is 10.2. The number of aliphatic imine (C=N–C) groups is 1. The molecule has 0 aliphatic rings. The van der Waals surface area contributed by atoms with Gasteiger partial charge in [0.25, 0.3) is 0 Å². The third-order valence-corrected chi connectivity index (χ3v) is 3.70. The summed E-state index contributed by atoms with van der Waals surface area (Å²) in [5.41, 5.74) is 1.15. The SMILES string of the molecule is CCNC(=NCCCOCc1ccc(OC)cc1)NCCCCOCC. The number of benzene rings is 1. The Labute approximate surface area is 158 Å². The smallest absolute Gasteiger partial charge is 0.191 e. The maximum Gasteiger partial charge on any atom is 0.191 e. The fourth-order valence-corrected chi connectivity index (χ4v) is 2.29. The standard InChI is InChI=1S/C20H35N3O3/c1-4-21-20(22-13-6-7-15-25-5-2)23-14-8-16-26-17-18-9-11-19(24-3)12-10-18/h9-12H,4-8,13-17H2,1-3H3,(H2,21,22,23). The van der Waals surface area contributed by atoms with Gasteiger partial charge in [0.2, 0.25) is 0 Å². The average molecular weight is 366 g/mol. The molecule has 148 valence electrons. The Morgan fingerprint density at radius 2 is 1.73 bits per heavy atom. The Morgan fingerprint density at radius 1 is 0.962 bits per heavy atom. The molecule has 2 N–H and O–H groups in total. The maximum atomic E-state index is 5.71. The molecular formula is C20H35N3O3. The monoisotopic (exact) mass is 365 g/mol. The third-order valence-electron chi connectivity index (χ3n) is 3.70. The van der Waals surface area contributed by atoms with Gasteiger partial charge in [-0.1, -0.05) is 12.1 Å². The van der Waals surface area contributed by atoms with E-state index in [1.165, 1.54) is 0 Å². The molecule has 1 aromatic rings. The number of unbranched alkanes of at least 4 members (excludes halogenated alkanes) is 1. The molecule has 0 amide bonds. The van der Waals surface area contributed by atoms with Crippen LogP contribution in [0.5, 0.6) is 5.75 Å². The van der Waals surface area contributed by atoms with Gasteiger partial charge in [-0.25, -0.2) is 0 Å². The van der Waals surface area contributed by atoms with E-state index in [4.69, 9.17) is 14.2 Å². The topological polar surface area (TPSA) is 64.1 Å². The van der Waals surface area contributed by atoms with Crippen molar-refractivity contribution in [1.82, 2.24) is 10.6 Å². The molecule has 6 nitrogen and oxygen atoms in total. The second kappa shape index (κ2) is 15.5. The van der Waals surface area contributed by atoms with Gasteiger partial charge in [0.05, 0.1) is 13.7 Å². The van der Waals surface area contributed by atoms with E-state index in [-0.39, 0.29) is 0 Å². The first-order valence-corrected chi connectivity index (χ1v) is 9.60. The number of nitrogens with zero attached hydrogens (tertiary/aromatic N) is 1. The van der Waals surface area contributed by atoms with Crippen molar-refractivity contribution in [2.45, 2.75) is 39.7 Å². The van der Waals surface area contributed by atoms with Crippen molar-refractivity contribution in [1.29, 1.82) is 0 Å². The van der Waals surface area contributed by atoms with Crippen LogP contribution in [0.1, 0.15) is 38.7 Å². The lowest BCUT2D eigenvalue weighted by Crippen LogP contribution is -2.38. The van der Waals surface area contributed by atoms with E-state index in [9.17, 15) is 0 Å². The Balaban J connectivity index is 2.13. The first-order valence-electron chi connectivity index (χ1n) is 9.60. The van der Waals surface area contributed by atoms with Gasteiger partial charge in [-0.15, -0.1) is 0 Å². The van der Waals surface area contributed by atoms with Crippen molar-refractivity contribution in [3.63, 3.8) is 0 Å². The summed E-state index contributed by atoms with van der Waals surface area (Å²) in [5, 5.41) is 6.62. The minimum absolute atomic E-state index is 0.617. The summed E-state index contributed by atoms with van der Waals surface area (Å²) in [5.74, 6) is 1.74. The quantitative estimate of drug-likeness (QED) is 0.301. The lowest BCUT2D eigenvalue weighted by Gasteiger charge is -2.11.